The van der Waals surface area contributed by atoms with E-state index in [9.17, 15) is 19.7 Å². The number of amides is 2. The summed E-state index contributed by atoms with van der Waals surface area (Å²) in [7, 11) is 0. The summed E-state index contributed by atoms with van der Waals surface area (Å²) in [6.45, 7) is 0.0795. The van der Waals surface area contributed by atoms with E-state index in [1.165, 1.54) is 17.0 Å². The van der Waals surface area contributed by atoms with Crippen molar-refractivity contribution in [3.05, 3.63) is 39.4 Å². The summed E-state index contributed by atoms with van der Waals surface area (Å²) in [6.07, 6.45) is 0.964. The molecule has 1 aromatic carbocycles. The minimum absolute atomic E-state index is 0.0795. The lowest BCUT2D eigenvalue weighted by Crippen LogP contribution is -2.52. The molecule has 1 fully saturated rings. The summed E-state index contributed by atoms with van der Waals surface area (Å²) in [6, 6.07) is 3.77. The van der Waals surface area contributed by atoms with Gasteiger partial charge in [0, 0.05) is 12.5 Å². The third-order valence-corrected chi connectivity index (χ3v) is 4.06. The van der Waals surface area contributed by atoms with Gasteiger partial charge in [0.25, 0.3) is 11.6 Å². The number of carbonyl (C=O) groups excluding carboxylic acids is 2. The Kier molecular flexibility index (Phi) is 3.17. The van der Waals surface area contributed by atoms with Crippen LogP contribution in [-0.2, 0) is 11.3 Å². The zero-order valence-electron chi connectivity index (χ0n) is 10.9. The first kappa shape index (κ1) is 13.6. The molecule has 0 radical (unpaired) electrons. The van der Waals surface area contributed by atoms with Crippen molar-refractivity contribution >= 4 is 34.7 Å². The topological polar surface area (TPSA) is 92.6 Å². The van der Waals surface area contributed by atoms with Gasteiger partial charge in [-0.15, -0.1) is 0 Å². The molecule has 0 bridgehead atoms. The van der Waals surface area contributed by atoms with Crippen LogP contribution in [0.1, 0.15) is 28.8 Å². The van der Waals surface area contributed by atoms with Gasteiger partial charge in [-0.3, -0.25) is 19.7 Å². The highest BCUT2D eigenvalue weighted by molar-refractivity contribution is 7.80. The molecule has 2 heterocycles. The molecule has 0 aromatic heterocycles. The number of piperidine rings is 1. The second kappa shape index (κ2) is 4.88. The van der Waals surface area contributed by atoms with Crippen molar-refractivity contribution in [1.82, 2.24) is 10.2 Å². The Morgan fingerprint density at radius 1 is 1.38 bits per heavy atom. The van der Waals surface area contributed by atoms with E-state index in [0.29, 0.717) is 29.0 Å². The maximum atomic E-state index is 12.4. The third-order valence-electron chi connectivity index (χ3n) is 3.75. The number of rotatable bonds is 2. The van der Waals surface area contributed by atoms with Crippen LogP contribution in [0.15, 0.2) is 18.2 Å². The Hall–Kier alpha value is -2.35. The number of benzene rings is 1. The van der Waals surface area contributed by atoms with Crippen molar-refractivity contribution in [1.29, 1.82) is 0 Å². The fourth-order valence-corrected chi connectivity index (χ4v) is 2.96. The molecular formula is C13H11N3O4S. The lowest BCUT2D eigenvalue weighted by atomic mass is 10.1. The molecule has 3 rings (SSSR count). The first-order valence-corrected chi connectivity index (χ1v) is 6.81. The molecule has 2 amide bonds. The van der Waals surface area contributed by atoms with Gasteiger partial charge < -0.3 is 10.2 Å². The molecule has 1 saturated heterocycles. The average Bonchev–Trinajstić information content (AvgIpc) is 2.76. The third kappa shape index (κ3) is 2.17. The Labute approximate surface area is 125 Å². The van der Waals surface area contributed by atoms with E-state index in [0.717, 1.165) is 0 Å². The van der Waals surface area contributed by atoms with Gasteiger partial charge in [-0.25, -0.2) is 0 Å². The van der Waals surface area contributed by atoms with Gasteiger partial charge in [-0.2, -0.15) is 0 Å². The number of hydrogen-bond donors (Lipinski definition) is 1. The lowest BCUT2D eigenvalue weighted by molar-refractivity contribution is -0.385. The summed E-state index contributed by atoms with van der Waals surface area (Å²) in [4.78, 5) is 36.7. The van der Waals surface area contributed by atoms with Crippen LogP contribution in [0.2, 0.25) is 0 Å². The monoisotopic (exact) mass is 305 g/mol. The zero-order valence-corrected chi connectivity index (χ0v) is 11.7. The molecule has 8 heteroatoms. The van der Waals surface area contributed by atoms with Crippen molar-refractivity contribution in [3.8, 4) is 0 Å². The summed E-state index contributed by atoms with van der Waals surface area (Å²) in [5.74, 6) is -0.670. The van der Waals surface area contributed by atoms with Crippen molar-refractivity contribution < 1.29 is 14.5 Å². The number of nitrogens with one attached hydrogen (secondary N) is 1. The molecule has 1 atom stereocenters. The molecule has 1 aromatic rings. The predicted octanol–water partition coefficient (Wildman–Crippen LogP) is 1.16. The highest BCUT2D eigenvalue weighted by Gasteiger charge is 2.40. The van der Waals surface area contributed by atoms with Crippen molar-refractivity contribution in [2.45, 2.75) is 25.4 Å². The quantitative estimate of drug-likeness (QED) is 0.503. The summed E-state index contributed by atoms with van der Waals surface area (Å²) < 4.78 is 0. The molecule has 1 N–H and O–H groups in total. The second-order valence-corrected chi connectivity index (χ2v) is 5.45. The molecule has 0 aliphatic carbocycles. The Morgan fingerprint density at radius 2 is 2.14 bits per heavy atom. The number of thiocarbonyl (C=S) groups is 1. The number of hydrogen-bond acceptors (Lipinski definition) is 5. The Bertz CT molecular complexity index is 688. The molecule has 0 spiro atoms. The van der Waals surface area contributed by atoms with Crippen LogP contribution in [0.3, 0.4) is 0 Å². The first-order valence-electron chi connectivity index (χ1n) is 6.40. The minimum Gasteiger partial charge on any atom is -0.322 e. The molecule has 108 valence electrons. The zero-order chi connectivity index (χ0) is 15.1. The SMILES string of the molecule is O=C1NC(=S)CCC1N1Cc2c(cccc2[N+](=O)[O-])C1=O. The van der Waals surface area contributed by atoms with Crippen molar-refractivity contribution in [2.75, 3.05) is 0 Å². The van der Waals surface area contributed by atoms with E-state index in [1.54, 1.807) is 6.07 Å². The molecule has 7 nitrogen and oxygen atoms in total. The Morgan fingerprint density at radius 3 is 2.81 bits per heavy atom. The first-order chi connectivity index (χ1) is 9.99. The number of carbonyl (C=O) groups is 2. The van der Waals surface area contributed by atoms with Gasteiger partial charge in [0.15, 0.2) is 0 Å². The van der Waals surface area contributed by atoms with Crippen LogP contribution in [0.25, 0.3) is 0 Å². The maximum Gasteiger partial charge on any atom is 0.275 e. The van der Waals surface area contributed by atoms with E-state index in [2.05, 4.69) is 5.32 Å². The van der Waals surface area contributed by atoms with E-state index in [4.69, 9.17) is 12.2 Å². The molecule has 2 aliphatic heterocycles. The number of nitro groups is 1. The molecule has 1 unspecified atom stereocenters. The average molecular weight is 305 g/mol. The van der Waals surface area contributed by atoms with E-state index in [-0.39, 0.29) is 24.0 Å². The van der Waals surface area contributed by atoms with Crippen LogP contribution in [0.5, 0.6) is 0 Å². The normalized spacial score (nSPS) is 21.2. The van der Waals surface area contributed by atoms with Gasteiger partial charge >= 0.3 is 0 Å². The highest BCUT2D eigenvalue weighted by Crippen LogP contribution is 2.33. The van der Waals surface area contributed by atoms with Crippen LogP contribution < -0.4 is 5.32 Å². The van der Waals surface area contributed by atoms with Gasteiger partial charge in [0.2, 0.25) is 5.91 Å². The molecule has 0 saturated carbocycles. The summed E-state index contributed by atoms with van der Waals surface area (Å²) in [5.41, 5.74) is 0.577. The van der Waals surface area contributed by atoms with Gasteiger partial charge in [-0.05, 0) is 12.5 Å². The van der Waals surface area contributed by atoms with E-state index < -0.39 is 11.0 Å². The van der Waals surface area contributed by atoms with Crippen molar-refractivity contribution in [2.24, 2.45) is 0 Å². The standard InChI is InChI=1S/C13H11N3O4S/c17-12-10(4-5-11(21)14-12)15-6-8-7(13(15)18)2-1-3-9(8)16(19)20/h1-3,10H,4-6H2,(H,14,17,21). The highest BCUT2D eigenvalue weighted by atomic mass is 32.1. The Balaban J connectivity index is 1.94. The molecule has 21 heavy (non-hydrogen) atoms. The maximum absolute atomic E-state index is 12.4. The summed E-state index contributed by atoms with van der Waals surface area (Å²) in [5, 5.41) is 13.6. The summed E-state index contributed by atoms with van der Waals surface area (Å²) >= 11 is 4.94. The van der Waals surface area contributed by atoms with Crippen LogP contribution in [0.4, 0.5) is 5.69 Å². The smallest absolute Gasteiger partial charge is 0.275 e. The van der Waals surface area contributed by atoms with Crippen LogP contribution in [0, 0.1) is 10.1 Å². The number of nitro benzene ring substituents is 1. The largest absolute Gasteiger partial charge is 0.322 e. The van der Waals surface area contributed by atoms with Crippen LogP contribution in [-0.4, -0.2) is 32.7 Å². The van der Waals surface area contributed by atoms with E-state index in [1.807, 2.05) is 0 Å². The lowest BCUT2D eigenvalue weighted by Gasteiger charge is -2.30. The van der Waals surface area contributed by atoms with E-state index >= 15 is 0 Å². The second-order valence-electron chi connectivity index (χ2n) is 4.96. The molecular weight excluding hydrogens is 294 g/mol. The fourth-order valence-electron chi connectivity index (χ4n) is 2.74. The fraction of sp³-hybridized carbons (Fsp3) is 0.308. The van der Waals surface area contributed by atoms with Crippen LogP contribution >= 0.6 is 12.2 Å². The number of fused-ring (bicyclic) bond motifs is 1. The van der Waals surface area contributed by atoms with Crippen molar-refractivity contribution in [3.63, 3.8) is 0 Å². The minimum atomic E-state index is -0.629. The van der Waals surface area contributed by atoms with Gasteiger partial charge in [-0.1, -0.05) is 18.3 Å². The van der Waals surface area contributed by atoms with Gasteiger partial charge in [0.1, 0.15) is 6.04 Å². The van der Waals surface area contributed by atoms with Gasteiger partial charge in [0.05, 0.1) is 27.6 Å². The molecule has 2 aliphatic rings. The predicted molar refractivity (Wildman–Crippen MR) is 76.7 cm³/mol. The number of nitrogens with zero attached hydrogens (tertiary/aromatic N) is 2.